The van der Waals surface area contributed by atoms with Crippen LogP contribution in [0.2, 0.25) is 5.15 Å². The second-order valence-electron chi connectivity index (χ2n) is 2.83. The first-order chi connectivity index (χ1) is 6.69. The van der Waals surface area contributed by atoms with Gasteiger partial charge >= 0.3 is 0 Å². The second-order valence-corrected chi connectivity index (χ2v) is 3.22. The Bertz CT molecular complexity index is 362. The molecule has 4 nitrogen and oxygen atoms in total. The zero-order chi connectivity index (χ0) is 10.6. The van der Waals surface area contributed by atoms with Crippen LogP contribution in [-0.2, 0) is 17.7 Å². The average Bonchev–Trinajstić information content (AvgIpc) is 2.15. The second kappa shape index (κ2) is 5.12. The van der Waals surface area contributed by atoms with Gasteiger partial charge in [-0.05, 0) is 0 Å². The standard InChI is InChI=1S/C9H13ClN2O2/c1-3-8-11-7(10)6-9(13)12(8)4-5-14-2/h6H,3-5H2,1-2H3. The van der Waals surface area contributed by atoms with Crippen molar-refractivity contribution in [2.45, 2.75) is 19.9 Å². The Labute approximate surface area is 87.5 Å². The Balaban J connectivity index is 3.06. The SMILES string of the molecule is CCc1nc(Cl)cc(=O)n1CCOC. The van der Waals surface area contributed by atoms with Gasteiger partial charge in [-0.15, -0.1) is 0 Å². The molecule has 1 rings (SSSR count). The molecule has 0 aliphatic rings. The lowest BCUT2D eigenvalue weighted by atomic mass is 10.4. The van der Waals surface area contributed by atoms with Crippen LogP contribution in [0.4, 0.5) is 0 Å². The van der Waals surface area contributed by atoms with Crippen LogP contribution in [0, 0.1) is 0 Å². The summed E-state index contributed by atoms with van der Waals surface area (Å²) in [6, 6.07) is 1.32. The molecule has 0 radical (unpaired) electrons. The highest BCUT2D eigenvalue weighted by Crippen LogP contribution is 2.02. The van der Waals surface area contributed by atoms with Gasteiger partial charge in [0.05, 0.1) is 13.2 Å². The van der Waals surface area contributed by atoms with Gasteiger partial charge in [0, 0.05) is 19.6 Å². The van der Waals surface area contributed by atoms with E-state index in [1.807, 2.05) is 6.92 Å². The minimum absolute atomic E-state index is 0.126. The first kappa shape index (κ1) is 11.2. The van der Waals surface area contributed by atoms with Crippen molar-refractivity contribution in [1.29, 1.82) is 0 Å². The van der Waals surface area contributed by atoms with E-state index in [9.17, 15) is 4.79 Å². The van der Waals surface area contributed by atoms with E-state index in [0.29, 0.717) is 25.4 Å². The van der Waals surface area contributed by atoms with Crippen molar-refractivity contribution in [3.63, 3.8) is 0 Å². The van der Waals surface area contributed by atoms with Gasteiger partial charge < -0.3 is 4.74 Å². The molecule has 0 aliphatic carbocycles. The lowest BCUT2D eigenvalue weighted by molar-refractivity contribution is 0.185. The highest BCUT2D eigenvalue weighted by molar-refractivity contribution is 6.29. The van der Waals surface area contributed by atoms with Gasteiger partial charge in [0.25, 0.3) is 5.56 Å². The van der Waals surface area contributed by atoms with Crippen molar-refractivity contribution in [1.82, 2.24) is 9.55 Å². The first-order valence-corrected chi connectivity index (χ1v) is 4.82. The summed E-state index contributed by atoms with van der Waals surface area (Å²) < 4.78 is 6.49. The molecule has 1 aromatic heterocycles. The van der Waals surface area contributed by atoms with E-state index in [1.54, 1.807) is 11.7 Å². The average molecular weight is 217 g/mol. The van der Waals surface area contributed by atoms with Gasteiger partial charge in [-0.25, -0.2) is 4.98 Å². The van der Waals surface area contributed by atoms with Gasteiger partial charge in [0.15, 0.2) is 0 Å². The first-order valence-electron chi connectivity index (χ1n) is 4.44. The number of methoxy groups -OCH3 is 1. The molecule has 0 N–H and O–H groups in total. The number of aromatic nitrogens is 2. The van der Waals surface area contributed by atoms with Crippen LogP contribution in [-0.4, -0.2) is 23.3 Å². The van der Waals surface area contributed by atoms with Gasteiger partial charge in [-0.3, -0.25) is 9.36 Å². The molecule has 0 spiro atoms. The maximum atomic E-state index is 11.5. The Morgan fingerprint density at radius 2 is 2.36 bits per heavy atom. The molecule has 0 fully saturated rings. The molecule has 5 heteroatoms. The summed E-state index contributed by atoms with van der Waals surface area (Å²) in [4.78, 5) is 15.6. The van der Waals surface area contributed by atoms with Crippen LogP contribution >= 0.6 is 11.6 Å². The number of halogens is 1. The summed E-state index contributed by atoms with van der Waals surface area (Å²) in [5.41, 5.74) is -0.126. The number of hydrogen-bond donors (Lipinski definition) is 0. The lowest BCUT2D eigenvalue weighted by Crippen LogP contribution is -2.26. The van der Waals surface area contributed by atoms with E-state index in [1.165, 1.54) is 6.07 Å². The van der Waals surface area contributed by atoms with Gasteiger partial charge in [-0.2, -0.15) is 0 Å². The van der Waals surface area contributed by atoms with Crippen LogP contribution in [0.15, 0.2) is 10.9 Å². The Hall–Kier alpha value is -0.870. The predicted molar refractivity (Wildman–Crippen MR) is 54.8 cm³/mol. The number of aryl methyl sites for hydroxylation is 1. The number of ether oxygens (including phenoxy) is 1. The maximum absolute atomic E-state index is 11.5. The van der Waals surface area contributed by atoms with Gasteiger partial charge in [0.1, 0.15) is 11.0 Å². The van der Waals surface area contributed by atoms with Gasteiger partial charge in [-0.1, -0.05) is 18.5 Å². The minimum atomic E-state index is -0.126. The fourth-order valence-corrected chi connectivity index (χ4v) is 1.41. The van der Waals surface area contributed by atoms with Crippen LogP contribution in [0.25, 0.3) is 0 Å². The molecule has 1 heterocycles. The van der Waals surface area contributed by atoms with Crippen LogP contribution < -0.4 is 5.56 Å². The van der Waals surface area contributed by atoms with E-state index in [2.05, 4.69) is 4.98 Å². The summed E-state index contributed by atoms with van der Waals surface area (Å²) in [6.45, 7) is 2.94. The summed E-state index contributed by atoms with van der Waals surface area (Å²) >= 11 is 5.68. The highest BCUT2D eigenvalue weighted by Gasteiger charge is 2.05. The van der Waals surface area contributed by atoms with E-state index >= 15 is 0 Å². The third-order valence-corrected chi connectivity index (χ3v) is 2.08. The fourth-order valence-electron chi connectivity index (χ4n) is 1.21. The minimum Gasteiger partial charge on any atom is -0.383 e. The molecular formula is C9H13ClN2O2. The maximum Gasteiger partial charge on any atom is 0.255 e. The molecule has 0 atom stereocenters. The molecule has 0 aliphatic heterocycles. The smallest absolute Gasteiger partial charge is 0.255 e. The van der Waals surface area contributed by atoms with Crippen molar-refractivity contribution in [3.05, 3.63) is 27.4 Å². The van der Waals surface area contributed by atoms with Crippen LogP contribution in [0.5, 0.6) is 0 Å². The molecule has 0 unspecified atom stereocenters. The zero-order valence-electron chi connectivity index (χ0n) is 8.29. The summed E-state index contributed by atoms with van der Waals surface area (Å²) in [5.74, 6) is 0.694. The van der Waals surface area contributed by atoms with E-state index < -0.39 is 0 Å². The topological polar surface area (TPSA) is 44.1 Å². The molecular weight excluding hydrogens is 204 g/mol. The number of hydrogen-bond acceptors (Lipinski definition) is 3. The number of rotatable bonds is 4. The van der Waals surface area contributed by atoms with Crippen molar-refractivity contribution in [3.8, 4) is 0 Å². The Morgan fingerprint density at radius 1 is 1.64 bits per heavy atom. The molecule has 0 aromatic carbocycles. The number of nitrogens with zero attached hydrogens (tertiary/aromatic N) is 2. The van der Waals surface area contributed by atoms with Crippen molar-refractivity contribution >= 4 is 11.6 Å². The zero-order valence-corrected chi connectivity index (χ0v) is 9.04. The van der Waals surface area contributed by atoms with Gasteiger partial charge in [0.2, 0.25) is 0 Å². The van der Waals surface area contributed by atoms with E-state index in [0.717, 1.165) is 0 Å². The van der Waals surface area contributed by atoms with Crippen molar-refractivity contribution in [2.24, 2.45) is 0 Å². The van der Waals surface area contributed by atoms with Crippen molar-refractivity contribution in [2.75, 3.05) is 13.7 Å². The quantitative estimate of drug-likeness (QED) is 0.709. The monoisotopic (exact) mass is 216 g/mol. The van der Waals surface area contributed by atoms with Crippen molar-refractivity contribution < 1.29 is 4.74 Å². The molecule has 1 aromatic rings. The fraction of sp³-hybridized carbons (Fsp3) is 0.556. The third kappa shape index (κ3) is 2.56. The largest absolute Gasteiger partial charge is 0.383 e. The van der Waals surface area contributed by atoms with Crippen LogP contribution in [0.1, 0.15) is 12.7 Å². The highest BCUT2D eigenvalue weighted by atomic mass is 35.5. The summed E-state index contributed by atoms with van der Waals surface area (Å²) in [6.07, 6.45) is 0.680. The molecule has 78 valence electrons. The molecule has 0 amide bonds. The molecule has 0 saturated heterocycles. The summed E-state index contributed by atoms with van der Waals surface area (Å²) in [5, 5.41) is 0.250. The Morgan fingerprint density at radius 3 is 2.93 bits per heavy atom. The summed E-state index contributed by atoms with van der Waals surface area (Å²) in [7, 11) is 1.60. The predicted octanol–water partition coefficient (Wildman–Crippen LogP) is 1.11. The Kier molecular flexibility index (Phi) is 4.10. The lowest BCUT2D eigenvalue weighted by Gasteiger charge is -2.09. The van der Waals surface area contributed by atoms with Crippen LogP contribution in [0.3, 0.4) is 0 Å². The van der Waals surface area contributed by atoms with E-state index in [4.69, 9.17) is 16.3 Å². The molecule has 14 heavy (non-hydrogen) atoms. The molecule has 0 saturated carbocycles. The normalized spacial score (nSPS) is 10.5. The molecule has 0 bridgehead atoms. The third-order valence-electron chi connectivity index (χ3n) is 1.89. The van der Waals surface area contributed by atoms with E-state index in [-0.39, 0.29) is 10.7 Å².